The van der Waals surface area contributed by atoms with E-state index in [4.69, 9.17) is 27.9 Å². The Labute approximate surface area is 154 Å². The average molecular weight is 375 g/mol. The molecule has 126 valence electrons. The van der Waals surface area contributed by atoms with Crippen molar-refractivity contribution in [2.45, 2.75) is 0 Å². The van der Waals surface area contributed by atoms with Gasteiger partial charge in [0.25, 0.3) is 5.91 Å². The van der Waals surface area contributed by atoms with Gasteiger partial charge in [-0.3, -0.25) is 4.79 Å². The molecule has 25 heavy (non-hydrogen) atoms. The summed E-state index contributed by atoms with van der Waals surface area (Å²) in [5.41, 5.74) is 0.707. The minimum Gasteiger partial charge on any atom is -0.465 e. The van der Waals surface area contributed by atoms with E-state index in [-0.39, 0.29) is 21.8 Å². The Hall–Kier alpha value is -2.81. The number of nitriles is 1. The summed E-state index contributed by atoms with van der Waals surface area (Å²) in [6.45, 7) is 0. The highest BCUT2D eigenvalue weighted by molar-refractivity contribution is 6.36. The van der Waals surface area contributed by atoms with Gasteiger partial charge in [-0.25, -0.2) is 4.79 Å². The Kier molecular flexibility index (Phi) is 6.18. The van der Waals surface area contributed by atoms with Crippen molar-refractivity contribution in [3.63, 3.8) is 0 Å². The van der Waals surface area contributed by atoms with Crippen molar-refractivity contribution in [1.29, 1.82) is 5.26 Å². The number of anilines is 1. The third-order valence-electron chi connectivity index (χ3n) is 3.21. The van der Waals surface area contributed by atoms with Gasteiger partial charge in [0.2, 0.25) is 0 Å². The summed E-state index contributed by atoms with van der Waals surface area (Å²) in [5.74, 6) is -1.24. The molecule has 0 aromatic heterocycles. The number of nitrogens with one attached hydrogen (secondary N) is 1. The predicted octanol–water partition coefficient (Wildman–Crippen LogP) is 4.33. The average Bonchev–Trinajstić information content (AvgIpc) is 2.62. The van der Waals surface area contributed by atoms with Crippen LogP contribution in [0, 0.1) is 11.3 Å². The van der Waals surface area contributed by atoms with E-state index >= 15 is 0 Å². The summed E-state index contributed by atoms with van der Waals surface area (Å²) in [6, 6.07) is 12.9. The third-order valence-corrected chi connectivity index (χ3v) is 3.77. The molecule has 0 atom stereocenters. The van der Waals surface area contributed by atoms with E-state index in [0.29, 0.717) is 10.6 Å². The Morgan fingerprint density at radius 2 is 1.92 bits per heavy atom. The topological polar surface area (TPSA) is 79.2 Å². The maximum Gasteiger partial charge on any atom is 0.338 e. The molecule has 2 aromatic carbocycles. The molecule has 0 aliphatic carbocycles. The number of rotatable bonds is 4. The van der Waals surface area contributed by atoms with Crippen LogP contribution in [0.3, 0.4) is 0 Å². The summed E-state index contributed by atoms with van der Waals surface area (Å²) < 4.78 is 4.69. The molecule has 2 rings (SSSR count). The molecule has 0 radical (unpaired) electrons. The van der Waals surface area contributed by atoms with Gasteiger partial charge >= 0.3 is 5.97 Å². The Morgan fingerprint density at radius 1 is 1.20 bits per heavy atom. The quantitative estimate of drug-likeness (QED) is 0.490. The summed E-state index contributed by atoms with van der Waals surface area (Å²) in [7, 11) is 1.25. The summed E-state index contributed by atoms with van der Waals surface area (Å²) in [6.07, 6.45) is 1.31. The standard InChI is InChI=1S/C18H12Cl2N2O3/c1-25-18(24)14-5-3-2-4-11(14)8-12(10-21)17(23)22-16-9-13(19)6-7-15(16)20/h2-9H,1H3,(H,22,23)/b12-8+. The molecular weight excluding hydrogens is 363 g/mol. The van der Waals surface area contributed by atoms with Crippen LogP contribution >= 0.6 is 23.2 Å². The van der Waals surface area contributed by atoms with Gasteiger partial charge in [0.05, 0.1) is 23.4 Å². The van der Waals surface area contributed by atoms with Gasteiger partial charge in [-0.15, -0.1) is 0 Å². The lowest BCUT2D eigenvalue weighted by Crippen LogP contribution is -2.14. The van der Waals surface area contributed by atoms with Crippen molar-refractivity contribution in [2.75, 3.05) is 12.4 Å². The number of ether oxygens (including phenoxy) is 1. The number of hydrogen-bond donors (Lipinski definition) is 1. The van der Waals surface area contributed by atoms with Gasteiger partial charge < -0.3 is 10.1 Å². The van der Waals surface area contributed by atoms with Crippen LogP contribution < -0.4 is 5.32 Å². The lowest BCUT2D eigenvalue weighted by atomic mass is 10.0. The van der Waals surface area contributed by atoms with E-state index in [1.165, 1.54) is 25.3 Å². The second-order valence-electron chi connectivity index (χ2n) is 4.83. The molecule has 0 aliphatic rings. The molecule has 0 saturated heterocycles. The van der Waals surface area contributed by atoms with Crippen LogP contribution in [0.25, 0.3) is 6.08 Å². The molecule has 1 N–H and O–H groups in total. The zero-order valence-electron chi connectivity index (χ0n) is 13.0. The first-order chi connectivity index (χ1) is 12.0. The van der Waals surface area contributed by atoms with Gasteiger partial charge in [-0.05, 0) is 35.9 Å². The highest BCUT2D eigenvalue weighted by atomic mass is 35.5. The number of halogens is 2. The SMILES string of the molecule is COC(=O)c1ccccc1/C=C(\C#N)C(=O)Nc1cc(Cl)ccc1Cl. The van der Waals surface area contributed by atoms with Crippen LogP contribution in [-0.2, 0) is 9.53 Å². The van der Waals surface area contributed by atoms with Crippen LogP contribution in [0.1, 0.15) is 15.9 Å². The first-order valence-electron chi connectivity index (χ1n) is 7.01. The van der Waals surface area contributed by atoms with Crippen molar-refractivity contribution in [1.82, 2.24) is 0 Å². The largest absolute Gasteiger partial charge is 0.465 e. The first-order valence-corrected chi connectivity index (χ1v) is 7.77. The molecule has 0 aliphatic heterocycles. The van der Waals surface area contributed by atoms with Gasteiger partial charge in [0.1, 0.15) is 11.6 Å². The van der Waals surface area contributed by atoms with Gasteiger partial charge in [-0.1, -0.05) is 41.4 Å². The van der Waals surface area contributed by atoms with Crippen molar-refractivity contribution in [3.05, 3.63) is 69.2 Å². The van der Waals surface area contributed by atoms with E-state index in [1.54, 1.807) is 30.3 Å². The third kappa shape index (κ3) is 4.60. The van der Waals surface area contributed by atoms with Crippen molar-refractivity contribution >= 4 is 46.8 Å². The molecule has 5 nitrogen and oxygen atoms in total. The maximum absolute atomic E-state index is 12.3. The fourth-order valence-electron chi connectivity index (χ4n) is 2.01. The molecule has 7 heteroatoms. The molecule has 0 bridgehead atoms. The summed E-state index contributed by atoms with van der Waals surface area (Å²) in [5, 5.41) is 12.5. The van der Waals surface area contributed by atoms with Gasteiger partial charge in [-0.2, -0.15) is 5.26 Å². The molecular formula is C18H12Cl2N2O3. The number of methoxy groups -OCH3 is 1. The van der Waals surface area contributed by atoms with Crippen molar-refractivity contribution in [3.8, 4) is 6.07 Å². The van der Waals surface area contributed by atoms with Gasteiger partial charge in [0, 0.05) is 5.02 Å². The van der Waals surface area contributed by atoms with Crippen LogP contribution in [0.15, 0.2) is 48.0 Å². The zero-order valence-corrected chi connectivity index (χ0v) is 14.6. The summed E-state index contributed by atoms with van der Waals surface area (Å²) >= 11 is 11.9. The molecule has 1 amide bonds. The van der Waals surface area contributed by atoms with E-state index in [9.17, 15) is 14.9 Å². The molecule has 0 saturated carbocycles. The molecule has 2 aromatic rings. The fourth-order valence-corrected chi connectivity index (χ4v) is 2.34. The molecule has 0 fully saturated rings. The minimum atomic E-state index is -0.675. The number of esters is 1. The monoisotopic (exact) mass is 374 g/mol. The second-order valence-corrected chi connectivity index (χ2v) is 5.67. The Bertz CT molecular complexity index is 901. The number of amides is 1. The van der Waals surface area contributed by atoms with Gasteiger partial charge in [0.15, 0.2) is 0 Å². The van der Waals surface area contributed by atoms with Crippen LogP contribution in [0.2, 0.25) is 10.0 Å². The van der Waals surface area contributed by atoms with Crippen LogP contribution in [0.5, 0.6) is 0 Å². The molecule has 0 spiro atoms. The lowest BCUT2D eigenvalue weighted by molar-refractivity contribution is -0.112. The second kappa shape index (κ2) is 8.34. The van der Waals surface area contributed by atoms with E-state index in [0.717, 1.165) is 0 Å². The minimum absolute atomic E-state index is 0.201. The number of hydrogen-bond acceptors (Lipinski definition) is 4. The zero-order chi connectivity index (χ0) is 18.4. The normalized spacial score (nSPS) is 10.7. The van der Waals surface area contributed by atoms with Crippen LogP contribution in [-0.4, -0.2) is 19.0 Å². The Balaban J connectivity index is 2.35. The number of carbonyl (C=O) groups is 2. The number of nitrogens with zero attached hydrogens (tertiary/aromatic N) is 1. The highest BCUT2D eigenvalue weighted by Crippen LogP contribution is 2.26. The predicted molar refractivity (Wildman–Crippen MR) is 96.5 cm³/mol. The maximum atomic E-state index is 12.3. The molecule has 0 unspecified atom stereocenters. The van der Waals surface area contributed by atoms with E-state index in [1.807, 2.05) is 6.07 Å². The Morgan fingerprint density at radius 3 is 2.60 bits per heavy atom. The summed E-state index contributed by atoms with van der Waals surface area (Å²) in [4.78, 5) is 24.1. The van der Waals surface area contributed by atoms with Crippen molar-refractivity contribution in [2.24, 2.45) is 0 Å². The van der Waals surface area contributed by atoms with E-state index < -0.39 is 11.9 Å². The van der Waals surface area contributed by atoms with Crippen LogP contribution in [0.4, 0.5) is 5.69 Å². The highest BCUT2D eigenvalue weighted by Gasteiger charge is 2.15. The molecule has 0 heterocycles. The fraction of sp³-hybridized carbons (Fsp3) is 0.0556. The number of carbonyl (C=O) groups excluding carboxylic acids is 2. The number of benzene rings is 2. The van der Waals surface area contributed by atoms with Crippen molar-refractivity contribution < 1.29 is 14.3 Å². The van der Waals surface area contributed by atoms with E-state index in [2.05, 4.69) is 5.32 Å². The first kappa shape index (κ1) is 18.5. The lowest BCUT2D eigenvalue weighted by Gasteiger charge is -2.08. The smallest absolute Gasteiger partial charge is 0.338 e.